The van der Waals surface area contributed by atoms with E-state index < -0.39 is 18.0 Å². The molecule has 2 fully saturated rings. The summed E-state index contributed by atoms with van der Waals surface area (Å²) in [5, 5.41) is 9.16. The fourth-order valence-corrected chi connectivity index (χ4v) is 3.65. The van der Waals surface area contributed by atoms with Crippen molar-refractivity contribution in [2.45, 2.75) is 37.6 Å². The zero-order valence-electron chi connectivity index (χ0n) is 13.0. The first-order valence-electron chi connectivity index (χ1n) is 8.18. The normalized spacial score (nSPS) is 26.2. The van der Waals surface area contributed by atoms with E-state index in [1.54, 1.807) is 4.90 Å². The third-order valence-electron chi connectivity index (χ3n) is 4.94. The molecule has 2 saturated heterocycles. The summed E-state index contributed by atoms with van der Waals surface area (Å²) in [5.41, 5.74) is 3.35. The molecule has 1 aromatic rings. The zero-order chi connectivity index (χ0) is 15.9. The molecule has 1 atom stereocenters. The van der Waals surface area contributed by atoms with Crippen LogP contribution in [-0.2, 0) is 27.1 Å². The maximum absolute atomic E-state index is 11.9. The first-order chi connectivity index (χ1) is 11.2. The lowest BCUT2D eigenvalue weighted by molar-refractivity contribution is -0.164. The number of hydrogen-bond donors (Lipinski definition) is 1. The van der Waals surface area contributed by atoms with Crippen LogP contribution in [0.1, 0.15) is 24.0 Å². The Kier molecular flexibility index (Phi) is 3.75. The van der Waals surface area contributed by atoms with Crippen LogP contribution in [-0.4, -0.2) is 49.5 Å². The summed E-state index contributed by atoms with van der Waals surface area (Å²) in [4.78, 5) is 13.5. The number of anilines is 1. The summed E-state index contributed by atoms with van der Waals surface area (Å²) >= 11 is 0. The molecule has 23 heavy (non-hydrogen) atoms. The lowest BCUT2D eigenvalue weighted by Crippen LogP contribution is -2.30. The molecule has 0 unspecified atom stereocenters. The monoisotopic (exact) mass is 319 g/mol. The van der Waals surface area contributed by atoms with E-state index in [0.717, 1.165) is 31.4 Å². The van der Waals surface area contributed by atoms with Crippen LogP contribution < -0.4 is 4.90 Å². The molecular formula is C17H21NO5. The first kappa shape index (κ1) is 14.9. The van der Waals surface area contributed by atoms with Crippen LogP contribution in [0.5, 0.6) is 0 Å². The largest absolute Gasteiger partial charge is 0.441 e. The van der Waals surface area contributed by atoms with Crippen LogP contribution in [0.3, 0.4) is 0 Å². The summed E-state index contributed by atoms with van der Waals surface area (Å²) in [6.07, 6.45) is 2.67. The van der Waals surface area contributed by atoms with Crippen molar-refractivity contribution in [2.75, 3.05) is 31.3 Å². The van der Waals surface area contributed by atoms with Gasteiger partial charge in [-0.1, -0.05) is 6.07 Å². The van der Waals surface area contributed by atoms with Crippen LogP contribution in [0, 0.1) is 0 Å². The number of hydrogen-bond acceptors (Lipinski definition) is 5. The van der Waals surface area contributed by atoms with Gasteiger partial charge in [0, 0.05) is 18.5 Å². The van der Waals surface area contributed by atoms with Gasteiger partial charge in [0.25, 0.3) is 0 Å². The van der Waals surface area contributed by atoms with Gasteiger partial charge in [-0.25, -0.2) is 4.79 Å². The number of aliphatic hydroxyl groups is 1. The number of aryl methyl sites for hydroxylation is 2. The Bertz CT molecular complexity index is 611. The topological polar surface area (TPSA) is 68.2 Å². The van der Waals surface area contributed by atoms with Crippen LogP contribution in [0.15, 0.2) is 18.2 Å². The number of carbonyl (C=O) groups excluding carboxylic acids is 1. The highest BCUT2D eigenvalue weighted by Crippen LogP contribution is 2.36. The van der Waals surface area contributed by atoms with E-state index in [1.165, 1.54) is 11.1 Å². The SMILES string of the molecule is O=C1O[C@@H](CO)CN1c1ccc2c(c1)CCC1(CC2)OCCO1. The Morgan fingerprint density at radius 3 is 2.61 bits per heavy atom. The molecule has 1 N–H and O–H groups in total. The number of carbonyl (C=O) groups is 1. The molecule has 3 aliphatic rings. The molecule has 6 nitrogen and oxygen atoms in total. The number of aliphatic hydroxyl groups excluding tert-OH is 1. The number of benzene rings is 1. The fourth-order valence-electron chi connectivity index (χ4n) is 3.65. The number of nitrogens with zero attached hydrogens (tertiary/aromatic N) is 1. The van der Waals surface area contributed by atoms with Crippen molar-refractivity contribution >= 4 is 11.8 Å². The summed E-state index contributed by atoms with van der Waals surface area (Å²) in [6.45, 7) is 1.59. The predicted octanol–water partition coefficient (Wildman–Crippen LogP) is 1.63. The van der Waals surface area contributed by atoms with E-state index in [4.69, 9.17) is 19.3 Å². The van der Waals surface area contributed by atoms with Gasteiger partial charge in [0.2, 0.25) is 0 Å². The lowest BCUT2D eigenvalue weighted by atomic mass is 10.0. The summed E-state index contributed by atoms with van der Waals surface area (Å²) < 4.78 is 16.8. The Labute approximate surface area is 134 Å². The van der Waals surface area contributed by atoms with E-state index in [9.17, 15) is 4.79 Å². The van der Waals surface area contributed by atoms with Crippen LogP contribution in [0.2, 0.25) is 0 Å². The van der Waals surface area contributed by atoms with Crippen molar-refractivity contribution in [2.24, 2.45) is 0 Å². The highest BCUT2D eigenvalue weighted by atomic mass is 16.7. The third-order valence-corrected chi connectivity index (χ3v) is 4.94. The van der Waals surface area contributed by atoms with Gasteiger partial charge in [0.15, 0.2) is 5.79 Å². The van der Waals surface area contributed by atoms with E-state index in [2.05, 4.69) is 12.1 Å². The molecule has 124 valence electrons. The molecular weight excluding hydrogens is 298 g/mol. The van der Waals surface area contributed by atoms with Crippen molar-refractivity contribution in [3.63, 3.8) is 0 Å². The van der Waals surface area contributed by atoms with Crippen LogP contribution >= 0.6 is 0 Å². The Balaban J connectivity index is 1.55. The molecule has 2 heterocycles. The molecule has 1 aliphatic carbocycles. The summed E-state index contributed by atoms with van der Waals surface area (Å²) in [7, 11) is 0. The average molecular weight is 319 g/mol. The van der Waals surface area contributed by atoms with E-state index in [1.807, 2.05) is 6.07 Å². The molecule has 0 aromatic heterocycles. The number of ether oxygens (including phenoxy) is 3. The van der Waals surface area contributed by atoms with E-state index in [-0.39, 0.29) is 6.61 Å². The number of amides is 1. The molecule has 1 amide bonds. The Hall–Kier alpha value is -1.63. The summed E-state index contributed by atoms with van der Waals surface area (Å²) in [5.74, 6) is -0.423. The lowest BCUT2D eigenvalue weighted by Gasteiger charge is -2.25. The molecule has 4 rings (SSSR count). The minimum atomic E-state index is -0.440. The molecule has 6 heteroatoms. The molecule has 0 radical (unpaired) electrons. The molecule has 0 bridgehead atoms. The second kappa shape index (κ2) is 5.78. The fraction of sp³-hybridized carbons (Fsp3) is 0.588. The number of rotatable bonds is 2. The minimum Gasteiger partial charge on any atom is -0.441 e. The summed E-state index contributed by atoms with van der Waals surface area (Å²) in [6, 6.07) is 6.09. The van der Waals surface area contributed by atoms with Crippen molar-refractivity contribution in [1.29, 1.82) is 0 Å². The van der Waals surface area contributed by atoms with Crippen LogP contribution in [0.4, 0.5) is 10.5 Å². The average Bonchev–Trinajstić information content (AvgIpc) is 3.13. The van der Waals surface area contributed by atoms with Gasteiger partial charge in [0.05, 0.1) is 26.4 Å². The minimum absolute atomic E-state index is 0.148. The van der Waals surface area contributed by atoms with E-state index in [0.29, 0.717) is 19.8 Å². The molecule has 0 saturated carbocycles. The van der Waals surface area contributed by atoms with Gasteiger partial charge >= 0.3 is 6.09 Å². The molecule has 1 spiro atoms. The smallest absolute Gasteiger partial charge is 0.414 e. The van der Waals surface area contributed by atoms with Gasteiger partial charge in [-0.3, -0.25) is 4.90 Å². The highest BCUT2D eigenvalue weighted by Gasteiger charge is 2.38. The van der Waals surface area contributed by atoms with Crippen molar-refractivity contribution in [3.05, 3.63) is 29.3 Å². The standard InChI is InChI=1S/C17H21NO5/c19-11-15-10-18(16(20)23-15)14-2-1-12-3-5-17(21-7-8-22-17)6-4-13(12)9-14/h1-2,9,15,19H,3-8,10-11H2/t15-/m1/s1. The first-order valence-corrected chi connectivity index (χ1v) is 8.18. The van der Waals surface area contributed by atoms with Gasteiger partial charge in [0.1, 0.15) is 6.10 Å². The number of cyclic esters (lactones) is 1. The van der Waals surface area contributed by atoms with Crippen molar-refractivity contribution < 1.29 is 24.1 Å². The Morgan fingerprint density at radius 2 is 1.91 bits per heavy atom. The van der Waals surface area contributed by atoms with Gasteiger partial charge in [-0.15, -0.1) is 0 Å². The van der Waals surface area contributed by atoms with Crippen molar-refractivity contribution in [3.8, 4) is 0 Å². The maximum atomic E-state index is 11.9. The Morgan fingerprint density at radius 1 is 1.17 bits per heavy atom. The van der Waals surface area contributed by atoms with Gasteiger partial charge < -0.3 is 19.3 Å². The highest BCUT2D eigenvalue weighted by molar-refractivity contribution is 5.89. The second-order valence-electron chi connectivity index (χ2n) is 6.36. The van der Waals surface area contributed by atoms with Crippen LogP contribution in [0.25, 0.3) is 0 Å². The number of fused-ring (bicyclic) bond motifs is 1. The predicted molar refractivity (Wildman–Crippen MR) is 82.4 cm³/mol. The van der Waals surface area contributed by atoms with Crippen molar-refractivity contribution in [1.82, 2.24) is 0 Å². The van der Waals surface area contributed by atoms with Gasteiger partial charge in [-0.2, -0.15) is 0 Å². The third kappa shape index (κ3) is 2.71. The molecule has 1 aromatic carbocycles. The van der Waals surface area contributed by atoms with E-state index >= 15 is 0 Å². The second-order valence-corrected chi connectivity index (χ2v) is 6.36. The molecule has 2 aliphatic heterocycles. The maximum Gasteiger partial charge on any atom is 0.414 e. The van der Waals surface area contributed by atoms with Gasteiger partial charge in [-0.05, 0) is 36.1 Å². The quantitative estimate of drug-likeness (QED) is 0.897. The zero-order valence-corrected chi connectivity index (χ0v) is 13.0.